The first kappa shape index (κ1) is 27.5. The van der Waals surface area contributed by atoms with Gasteiger partial charge >= 0.3 is 12.1 Å². The third-order valence-corrected chi connectivity index (χ3v) is 5.35. The normalized spacial score (nSPS) is 11.9. The number of alkyl carbamates (subject to hydrolysis) is 1. The van der Waals surface area contributed by atoms with Gasteiger partial charge in [0.15, 0.2) is 11.9 Å². The molecular formula is C30H33NO6. The lowest BCUT2D eigenvalue weighted by molar-refractivity contribution is -0.150. The summed E-state index contributed by atoms with van der Waals surface area (Å²) in [5.74, 6) is -0.109. The number of rotatable bonds is 10. The molecule has 0 bridgehead atoms. The van der Waals surface area contributed by atoms with Crippen LogP contribution in [0.5, 0.6) is 5.75 Å². The second-order valence-corrected chi connectivity index (χ2v) is 9.55. The second kappa shape index (κ2) is 12.7. The van der Waals surface area contributed by atoms with Crippen molar-refractivity contribution in [3.05, 3.63) is 102 Å². The second-order valence-electron chi connectivity index (χ2n) is 9.55. The van der Waals surface area contributed by atoms with Gasteiger partial charge in [-0.3, -0.25) is 4.79 Å². The van der Waals surface area contributed by atoms with E-state index in [-0.39, 0.29) is 18.8 Å². The summed E-state index contributed by atoms with van der Waals surface area (Å²) in [4.78, 5) is 37.4. The minimum absolute atomic E-state index is 0.0395. The van der Waals surface area contributed by atoms with Crippen LogP contribution in [0.15, 0.2) is 84.9 Å². The quantitative estimate of drug-likeness (QED) is 0.274. The first-order valence-electron chi connectivity index (χ1n) is 12.2. The van der Waals surface area contributed by atoms with Gasteiger partial charge in [-0.05, 0) is 63.1 Å². The Labute approximate surface area is 217 Å². The Bertz CT molecular complexity index is 1130. The van der Waals surface area contributed by atoms with Crippen molar-refractivity contribution >= 4 is 17.8 Å². The van der Waals surface area contributed by atoms with Gasteiger partial charge in [-0.2, -0.15) is 0 Å². The Morgan fingerprint density at radius 2 is 1.35 bits per heavy atom. The van der Waals surface area contributed by atoms with Crippen LogP contribution in [0.25, 0.3) is 0 Å². The average Bonchev–Trinajstić information content (AvgIpc) is 2.87. The summed E-state index contributed by atoms with van der Waals surface area (Å²) in [5.41, 5.74) is 1.46. The molecule has 3 rings (SSSR count). The first-order valence-corrected chi connectivity index (χ1v) is 12.2. The maximum Gasteiger partial charge on any atom is 0.408 e. The van der Waals surface area contributed by atoms with Crippen LogP contribution in [-0.2, 0) is 14.3 Å². The van der Waals surface area contributed by atoms with E-state index < -0.39 is 29.8 Å². The zero-order valence-corrected chi connectivity index (χ0v) is 21.6. The molecule has 0 aliphatic carbocycles. The minimum atomic E-state index is -1.01. The van der Waals surface area contributed by atoms with Crippen LogP contribution in [0.2, 0.25) is 0 Å². The molecule has 194 valence electrons. The van der Waals surface area contributed by atoms with Crippen LogP contribution < -0.4 is 10.1 Å². The summed E-state index contributed by atoms with van der Waals surface area (Å²) in [6, 6.07) is 24.5. The minimum Gasteiger partial charge on any atom is -0.494 e. The van der Waals surface area contributed by atoms with Crippen LogP contribution in [-0.4, -0.2) is 36.1 Å². The van der Waals surface area contributed by atoms with E-state index in [1.54, 1.807) is 45.0 Å². The smallest absolute Gasteiger partial charge is 0.408 e. The molecule has 0 fully saturated rings. The van der Waals surface area contributed by atoms with Crippen molar-refractivity contribution in [3.63, 3.8) is 0 Å². The maximum atomic E-state index is 13.4. The predicted octanol–water partition coefficient (Wildman–Crippen LogP) is 5.88. The fourth-order valence-electron chi connectivity index (χ4n) is 3.56. The molecule has 7 nitrogen and oxygen atoms in total. The fraction of sp³-hybridized carbons (Fsp3) is 0.300. The number of amides is 1. The lowest BCUT2D eigenvalue weighted by atomic mass is 10.0. The number of carbonyl (C=O) groups is 3. The predicted molar refractivity (Wildman–Crippen MR) is 141 cm³/mol. The average molecular weight is 504 g/mol. The number of Topliss-reactive ketones (excluding diaryl/α,β-unsaturated/α-hetero) is 1. The number of esters is 1. The van der Waals surface area contributed by atoms with E-state index in [0.29, 0.717) is 11.3 Å². The third-order valence-electron chi connectivity index (χ3n) is 5.35. The molecule has 0 radical (unpaired) electrons. The van der Waals surface area contributed by atoms with Gasteiger partial charge in [-0.1, -0.05) is 60.7 Å². The molecule has 3 aromatic rings. The van der Waals surface area contributed by atoms with Crippen molar-refractivity contribution in [2.24, 2.45) is 0 Å². The van der Waals surface area contributed by atoms with Gasteiger partial charge in [0.1, 0.15) is 17.4 Å². The highest BCUT2D eigenvalue weighted by molar-refractivity contribution is 5.94. The van der Waals surface area contributed by atoms with E-state index in [4.69, 9.17) is 14.2 Å². The zero-order chi connectivity index (χ0) is 26.8. The maximum absolute atomic E-state index is 13.4. The van der Waals surface area contributed by atoms with E-state index >= 15 is 0 Å². The van der Waals surface area contributed by atoms with E-state index in [1.165, 1.54) is 6.92 Å². The highest BCUT2D eigenvalue weighted by Crippen LogP contribution is 2.26. The van der Waals surface area contributed by atoms with Gasteiger partial charge in [0, 0.05) is 12.0 Å². The Morgan fingerprint density at radius 3 is 1.84 bits per heavy atom. The number of benzene rings is 3. The largest absolute Gasteiger partial charge is 0.494 e. The number of hydrogen-bond acceptors (Lipinski definition) is 6. The molecule has 7 heteroatoms. The standard InChI is InChI=1S/C30H33NO6/c1-21(32)22-15-17-25(18-16-22)35-20-19-26(31-29(34)37-30(2,3)4)28(33)36-27(23-11-7-5-8-12-23)24-13-9-6-10-14-24/h5-18,26-27H,19-20H2,1-4H3,(H,31,34)/t26-/m1/s1. The van der Waals surface area contributed by atoms with Crippen LogP contribution in [0, 0.1) is 0 Å². The summed E-state index contributed by atoms with van der Waals surface area (Å²) in [6.07, 6.45) is -1.24. The summed E-state index contributed by atoms with van der Waals surface area (Å²) < 4.78 is 17.1. The number of carbonyl (C=O) groups excluding carboxylic acids is 3. The van der Waals surface area contributed by atoms with Gasteiger partial charge in [-0.15, -0.1) is 0 Å². The van der Waals surface area contributed by atoms with Crippen molar-refractivity contribution in [2.75, 3.05) is 6.61 Å². The Hall–Kier alpha value is -4.13. The van der Waals surface area contributed by atoms with Crippen LogP contribution in [0.1, 0.15) is 61.7 Å². The van der Waals surface area contributed by atoms with Crippen LogP contribution in [0.4, 0.5) is 4.79 Å². The first-order chi connectivity index (χ1) is 17.6. The molecule has 1 atom stereocenters. The molecule has 0 unspecified atom stereocenters. The monoisotopic (exact) mass is 503 g/mol. The van der Waals surface area contributed by atoms with E-state index in [2.05, 4.69) is 5.32 Å². The molecule has 0 spiro atoms. The number of nitrogens with one attached hydrogen (secondary N) is 1. The van der Waals surface area contributed by atoms with Gasteiger partial charge in [0.05, 0.1) is 6.61 Å². The molecule has 0 aliphatic heterocycles. The van der Waals surface area contributed by atoms with Gasteiger partial charge in [0.25, 0.3) is 0 Å². The van der Waals surface area contributed by atoms with Crippen LogP contribution in [0.3, 0.4) is 0 Å². The van der Waals surface area contributed by atoms with Gasteiger partial charge < -0.3 is 19.5 Å². The summed E-state index contributed by atoms with van der Waals surface area (Å²) in [5, 5.41) is 2.63. The SMILES string of the molecule is CC(=O)c1ccc(OCC[C@@H](NC(=O)OC(C)(C)C)C(=O)OC(c2ccccc2)c2ccccc2)cc1. The summed E-state index contributed by atoms with van der Waals surface area (Å²) >= 11 is 0. The van der Waals surface area contributed by atoms with Crippen molar-refractivity contribution in [1.29, 1.82) is 0 Å². The van der Waals surface area contributed by atoms with Crippen molar-refractivity contribution in [1.82, 2.24) is 5.32 Å². The van der Waals surface area contributed by atoms with E-state index in [0.717, 1.165) is 11.1 Å². The molecule has 0 aliphatic rings. The molecule has 0 saturated heterocycles. The molecule has 0 saturated carbocycles. The van der Waals surface area contributed by atoms with Crippen LogP contribution >= 0.6 is 0 Å². The lowest BCUT2D eigenvalue weighted by Gasteiger charge is -2.25. The van der Waals surface area contributed by atoms with Crippen molar-refractivity contribution in [3.8, 4) is 5.75 Å². The summed E-state index contributed by atoms with van der Waals surface area (Å²) in [6.45, 7) is 6.85. The molecule has 0 heterocycles. The van der Waals surface area contributed by atoms with E-state index in [9.17, 15) is 14.4 Å². The molecule has 0 aromatic heterocycles. The molecular weight excluding hydrogens is 470 g/mol. The zero-order valence-electron chi connectivity index (χ0n) is 21.6. The van der Waals surface area contributed by atoms with Gasteiger partial charge in [-0.25, -0.2) is 9.59 Å². The molecule has 37 heavy (non-hydrogen) atoms. The van der Waals surface area contributed by atoms with Gasteiger partial charge in [0.2, 0.25) is 0 Å². The lowest BCUT2D eigenvalue weighted by Crippen LogP contribution is -2.45. The Morgan fingerprint density at radius 1 is 0.811 bits per heavy atom. The Balaban J connectivity index is 1.75. The van der Waals surface area contributed by atoms with Crippen molar-refractivity contribution in [2.45, 2.75) is 51.9 Å². The molecule has 3 aromatic carbocycles. The number of hydrogen-bond donors (Lipinski definition) is 1. The highest BCUT2D eigenvalue weighted by Gasteiger charge is 2.29. The third kappa shape index (κ3) is 8.79. The molecule has 1 N–H and O–H groups in total. The Kier molecular flexibility index (Phi) is 9.44. The number of ether oxygens (including phenoxy) is 3. The summed E-state index contributed by atoms with van der Waals surface area (Å²) in [7, 11) is 0. The van der Waals surface area contributed by atoms with Crippen molar-refractivity contribution < 1.29 is 28.6 Å². The topological polar surface area (TPSA) is 90.9 Å². The number of ketones is 1. The van der Waals surface area contributed by atoms with E-state index in [1.807, 2.05) is 60.7 Å². The molecule has 1 amide bonds. The fourth-order valence-corrected chi connectivity index (χ4v) is 3.56. The highest BCUT2D eigenvalue weighted by atomic mass is 16.6.